The van der Waals surface area contributed by atoms with E-state index in [2.05, 4.69) is 9.97 Å². The summed E-state index contributed by atoms with van der Waals surface area (Å²) in [5, 5.41) is 1.05. The summed E-state index contributed by atoms with van der Waals surface area (Å²) in [6, 6.07) is 4.63. The maximum absolute atomic E-state index is 12.9. The Balaban J connectivity index is 2.08. The zero-order valence-corrected chi connectivity index (χ0v) is 15.1. The lowest BCUT2D eigenvalue weighted by atomic mass is 10.1. The van der Waals surface area contributed by atoms with Crippen molar-refractivity contribution >= 4 is 34.3 Å². The Labute approximate surface area is 156 Å². The van der Waals surface area contributed by atoms with Gasteiger partial charge in [0.05, 0.1) is 34.4 Å². The van der Waals surface area contributed by atoms with Crippen LogP contribution in [0.15, 0.2) is 46.6 Å². The normalized spacial score (nSPS) is 11.9. The average Bonchev–Trinajstić information content (AvgIpc) is 2.59. The van der Waals surface area contributed by atoms with Crippen LogP contribution in [0.2, 0.25) is 5.02 Å². The molecule has 0 unspecified atom stereocenters. The summed E-state index contributed by atoms with van der Waals surface area (Å²) in [5.74, 6) is 0.779. The molecule has 1 aromatic carbocycles. The van der Waals surface area contributed by atoms with Crippen molar-refractivity contribution in [1.29, 1.82) is 0 Å². The zero-order chi connectivity index (χ0) is 18.9. The van der Waals surface area contributed by atoms with E-state index in [-0.39, 0.29) is 17.4 Å². The SMILES string of the molecule is CCSc1ncc(Cl)cc1Cn1cnc2ccc(C(F)(F)F)cc2c1=O. The third-order valence-electron chi connectivity index (χ3n) is 3.67. The van der Waals surface area contributed by atoms with Crippen LogP contribution in [0.4, 0.5) is 13.2 Å². The van der Waals surface area contributed by atoms with Gasteiger partial charge in [-0.2, -0.15) is 13.2 Å². The molecule has 0 N–H and O–H groups in total. The highest BCUT2D eigenvalue weighted by atomic mass is 35.5. The number of alkyl halides is 3. The number of halogens is 4. The van der Waals surface area contributed by atoms with Crippen molar-refractivity contribution in [2.45, 2.75) is 24.7 Å². The second-order valence-electron chi connectivity index (χ2n) is 5.46. The Kier molecular flexibility index (Phi) is 5.24. The van der Waals surface area contributed by atoms with Crippen LogP contribution >= 0.6 is 23.4 Å². The molecule has 0 aliphatic rings. The first-order valence-corrected chi connectivity index (χ1v) is 8.99. The van der Waals surface area contributed by atoms with Gasteiger partial charge in [0, 0.05) is 11.8 Å². The molecule has 4 nitrogen and oxygen atoms in total. The van der Waals surface area contributed by atoms with Crippen LogP contribution in [-0.2, 0) is 12.7 Å². The van der Waals surface area contributed by atoms with Crippen molar-refractivity contribution in [3.8, 4) is 0 Å². The molecular weight excluding hydrogens is 387 g/mol. The molecule has 0 radical (unpaired) electrons. The molecule has 2 aromatic heterocycles. The largest absolute Gasteiger partial charge is 0.416 e. The first-order valence-electron chi connectivity index (χ1n) is 7.63. The molecule has 26 heavy (non-hydrogen) atoms. The number of rotatable bonds is 4. The number of benzene rings is 1. The van der Waals surface area contributed by atoms with E-state index in [1.54, 1.807) is 6.07 Å². The molecule has 136 valence electrons. The standard InChI is InChI=1S/C17H13ClF3N3OS/c1-2-26-15-10(5-12(18)7-22-15)8-24-9-23-14-4-3-11(17(19,20)21)6-13(14)16(24)25/h3-7,9H,2,8H2,1H3. The van der Waals surface area contributed by atoms with Gasteiger partial charge in [-0.25, -0.2) is 9.97 Å². The molecule has 3 aromatic rings. The fourth-order valence-electron chi connectivity index (χ4n) is 2.48. The zero-order valence-electron chi connectivity index (χ0n) is 13.5. The van der Waals surface area contributed by atoms with E-state index in [1.807, 2.05) is 6.92 Å². The summed E-state index contributed by atoms with van der Waals surface area (Å²) < 4.78 is 40.0. The van der Waals surface area contributed by atoms with Crippen LogP contribution in [0.1, 0.15) is 18.1 Å². The van der Waals surface area contributed by atoms with Crippen LogP contribution in [-0.4, -0.2) is 20.3 Å². The highest BCUT2D eigenvalue weighted by Gasteiger charge is 2.30. The summed E-state index contributed by atoms with van der Waals surface area (Å²) >= 11 is 7.48. The van der Waals surface area contributed by atoms with Crippen molar-refractivity contribution in [2.75, 3.05) is 5.75 Å². The van der Waals surface area contributed by atoms with Gasteiger partial charge in [0.1, 0.15) is 5.03 Å². The van der Waals surface area contributed by atoms with Crippen molar-refractivity contribution in [1.82, 2.24) is 14.5 Å². The molecule has 9 heteroatoms. The highest BCUT2D eigenvalue weighted by molar-refractivity contribution is 7.99. The molecular formula is C17H13ClF3N3OS. The van der Waals surface area contributed by atoms with Crippen molar-refractivity contribution in [3.63, 3.8) is 0 Å². The molecule has 0 amide bonds. The second-order valence-corrected chi connectivity index (χ2v) is 7.15. The van der Waals surface area contributed by atoms with Gasteiger partial charge in [-0.1, -0.05) is 18.5 Å². The number of hydrogen-bond acceptors (Lipinski definition) is 4. The molecule has 0 saturated heterocycles. The Hall–Kier alpha value is -2.06. The molecule has 3 rings (SSSR count). The lowest BCUT2D eigenvalue weighted by Gasteiger charge is -2.11. The summed E-state index contributed by atoms with van der Waals surface area (Å²) in [6.45, 7) is 2.08. The Bertz CT molecular complexity index is 1020. The molecule has 0 aliphatic carbocycles. The smallest absolute Gasteiger partial charge is 0.294 e. The van der Waals surface area contributed by atoms with E-state index < -0.39 is 17.3 Å². The third-order valence-corrected chi connectivity index (χ3v) is 4.80. The average molecular weight is 400 g/mol. The van der Waals surface area contributed by atoms with Crippen LogP contribution in [0.25, 0.3) is 10.9 Å². The van der Waals surface area contributed by atoms with Gasteiger partial charge in [0.2, 0.25) is 0 Å². The molecule has 0 spiro atoms. The van der Waals surface area contributed by atoms with E-state index in [1.165, 1.54) is 34.9 Å². The first kappa shape index (κ1) is 18.7. The fourth-order valence-corrected chi connectivity index (χ4v) is 3.37. The van der Waals surface area contributed by atoms with Gasteiger partial charge >= 0.3 is 6.18 Å². The minimum atomic E-state index is -4.52. The minimum absolute atomic E-state index is 0.0815. The van der Waals surface area contributed by atoms with Gasteiger partial charge < -0.3 is 0 Å². The van der Waals surface area contributed by atoms with E-state index in [0.29, 0.717) is 15.6 Å². The molecule has 0 atom stereocenters. The fraction of sp³-hybridized carbons (Fsp3) is 0.235. The Morgan fingerprint density at radius 3 is 2.69 bits per heavy atom. The molecule has 0 fully saturated rings. The first-order chi connectivity index (χ1) is 12.3. The summed E-state index contributed by atoms with van der Waals surface area (Å²) in [5.41, 5.74) is -0.506. The van der Waals surface area contributed by atoms with Crippen LogP contribution < -0.4 is 5.56 Å². The van der Waals surface area contributed by atoms with Gasteiger partial charge in [-0.3, -0.25) is 9.36 Å². The van der Waals surface area contributed by atoms with E-state index in [4.69, 9.17) is 11.6 Å². The topological polar surface area (TPSA) is 47.8 Å². The van der Waals surface area contributed by atoms with Gasteiger partial charge in [-0.05, 0) is 30.0 Å². The van der Waals surface area contributed by atoms with Crippen LogP contribution in [0, 0.1) is 0 Å². The Morgan fingerprint density at radius 2 is 2.00 bits per heavy atom. The van der Waals surface area contributed by atoms with E-state index >= 15 is 0 Å². The number of hydrogen-bond donors (Lipinski definition) is 0. The van der Waals surface area contributed by atoms with Crippen LogP contribution in [0.5, 0.6) is 0 Å². The number of nitrogens with zero attached hydrogens (tertiary/aromatic N) is 3. The maximum Gasteiger partial charge on any atom is 0.416 e. The number of aromatic nitrogens is 3. The van der Waals surface area contributed by atoms with Crippen molar-refractivity contribution in [3.05, 3.63) is 63.3 Å². The van der Waals surface area contributed by atoms with Gasteiger partial charge in [0.25, 0.3) is 5.56 Å². The monoisotopic (exact) mass is 399 g/mol. The minimum Gasteiger partial charge on any atom is -0.294 e. The molecule has 0 saturated carbocycles. The third kappa shape index (κ3) is 3.86. The lowest BCUT2D eigenvalue weighted by Crippen LogP contribution is -2.22. The van der Waals surface area contributed by atoms with Gasteiger partial charge in [0.15, 0.2) is 0 Å². The maximum atomic E-state index is 12.9. The number of pyridine rings is 1. The lowest BCUT2D eigenvalue weighted by molar-refractivity contribution is -0.137. The van der Waals surface area contributed by atoms with Crippen molar-refractivity contribution < 1.29 is 13.2 Å². The second kappa shape index (κ2) is 7.28. The van der Waals surface area contributed by atoms with Crippen molar-refractivity contribution in [2.24, 2.45) is 0 Å². The van der Waals surface area contributed by atoms with E-state index in [0.717, 1.165) is 17.9 Å². The predicted molar refractivity (Wildman–Crippen MR) is 95.8 cm³/mol. The number of fused-ring (bicyclic) bond motifs is 1. The molecule has 2 heterocycles. The number of thioether (sulfide) groups is 1. The quantitative estimate of drug-likeness (QED) is 0.600. The molecule has 0 bridgehead atoms. The van der Waals surface area contributed by atoms with Crippen LogP contribution in [0.3, 0.4) is 0 Å². The Morgan fingerprint density at radius 1 is 1.23 bits per heavy atom. The predicted octanol–water partition coefficient (Wildman–Crippen LogP) is 4.62. The highest BCUT2D eigenvalue weighted by Crippen LogP contribution is 2.30. The summed E-state index contributed by atoms with van der Waals surface area (Å²) in [6.07, 6.45) is -1.69. The summed E-state index contributed by atoms with van der Waals surface area (Å²) in [7, 11) is 0. The summed E-state index contributed by atoms with van der Waals surface area (Å²) in [4.78, 5) is 21.0. The van der Waals surface area contributed by atoms with Gasteiger partial charge in [-0.15, -0.1) is 11.8 Å². The molecule has 0 aliphatic heterocycles. The van der Waals surface area contributed by atoms with E-state index in [9.17, 15) is 18.0 Å².